The molecule has 8 heteroatoms. The smallest absolute Gasteiger partial charge is 0.257 e. The molecule has 2 aromatic carbocycles. The fourth-order valence-electron chi connectivity index (χ4n) is 4.57. The molecule has 1 aliphatic heterocycles. The fourth-order valence-corrected chi connectivity index (χ4v) is 4.75. The van der Waals surface area contributed by atoms with Gasteiger partial charge in [0, 0.05) is 63.7 Å². The van der Waals surface area contributed by atoms with Crippen LogP contribution in [0.15, 0.2) is 60.8 Å². The number of hydrogen-bond acceptors (Lipinski definition) is 4. The first-order valence-corrected chi connectivity index (χ1v) is 12.2. The highest BCUT2D eigenvalue weighted by Crippen LogP contribution is 2.29. The Hall–Kier alpha value is -3.32. The molecular formula is C27H31ClN4O3. The molecule has 0 N–H and O–H groups in total. The average molecular weight is 495 g/mol. The maximum absolute atomic E-state index is 13.3. The summed E-state index contributed by atoms with van der Waals surface area (Å²) in [5.41, 5.74) is 2.36. The number of nitrogens with zero attached hydrogens (tertiary/aromatic N) is 4. The molecule has 0 radical (unpaired) electrons. The third-order valence-electron chi connectivity index (χ3n) is 6.40. The van der Waals surface area contributed by atoms with Gasteiger partial charge in [0.1, 0.15) is 11.9 Å². The van der Waals surface area contributed by atoms with E-state index in [1.54, 1.807) is 35.0 Å². The highest BCUT2D eigenvalue weighted by Gasteiger charge is 2.36. The molecule has 1 aromatic heterocycles. The standard InChI is InChI=1S/C27H31ClN4O3/c1-19-24(18-31(3)29-19)27(34)32-13-12-25(35-23-11-7-10-22(28)15-23)21(17-32)14-26(33)30(2)16-20-8-5-4-6-9-20/h4-11,15,18,21,25H,12-14,16-17H2,1-3H3/t21-,25-/m0/s1. The average Bonchev–Trinajstić information content (AvgIpc) is 3.18. The number of carbonyl (C=O) groups is 2. The minimum Gasteiger partial charge on any atom is -0.490 e. The lowest BCUT2D eigenvalue weighted by Gasteiger charge is -2.38. The maximum Gasteiger partial charge on any atom is 0.257 e. The number of aryl methyl sites for hydroxylation is 2. The second-order valence-electron chi connectivity index (χ2n) is 9.15. The topological polar surface area (TPSA) is 67.7 Å². The Labute approximate surface area is 211 Å². The Bertz CT molecular complexity index is 1180. The molecule has 0 spiro atoms. The normalized spacial score (nSPS) is 17.8. The van der Waals surface area contributed by atoms with Gasteiger partial charge in [0.25, 0.3) is 5.91 Å². The number of amides is 2. The van der Waals surface area contributed by atoms with Crippen LogP contribution in [0.1, 0.15) is 34.5 Å². The number of ether oxygens (including phenoxy) is 1. The van der Waals surface area contributed by atoms with E-state index >= 15 is 0 Å². The summed E-state index contributed by atoms with van der Waals surface area (Å²) in [6.45, 7) is 3.35. The van der Waals surface area contributed by atoms with Gasteiger partial charge in [-0.1, -0.05) is 48.0 Å². The van der Waals surface area contributed by atoms with Crippen LogP contribution in [0.4, 0.5) is 0 Å². The van der Waals surface area contributed by atoms with E-state index in [-0.39, 0.29) is 30.3 Å². The molecule has 2 amide bonds. The summed E-state index contributed by atoms with van der Waals surface area (Å²) in [5, 5.41) is 4.90. The lowest BCUT2D eigenvalue weighted by Crippen LogP contribution is -2.49. The molecule has 0 aliphatic carbocycles. The molecule has 1 fully saturated rings. The van der Waals surface area contributed by atoms with Crippen molar-refractivity contribution in [3.63, 3.8) is 0 Å². The molecule has 7 nitrogen and oxygen atoms in total. The van der Waals surface area contributed by atoms with Crippen molar-refractivity contribution in [2.24, 2.45) is 13.0 Å². The summed E-state index contributed by atoms with van der Waals surface area (Å²) in [6.07, 6.45) is 2.45. The summed E-state index contributed by atoms with van der Waals surface area (Å²) in [6, 6.07) is 17.2. The van der Waals surface area contributed by atoms with Crippen molar-refractivity contribution >= 4 is 23.4 Å². The summed E-state index contributed by atoms with van der Waals surface area (Å²) >= 11 is 6.15. The predicted octanol–water partition coefficient (Wildman–Crippen LogP) is 4.34. The second kappa shape index (κ2) is 11.0. The summed E-state index contributed by atoms with van der Waals surface area (Å²) in [7, 11) is 3.62. The zero-order chi connectivity index (χ0) is 24.9. The molecule has 3 aromatic rings. The number of benzene rings is 2. The zero-order valence-electron chi connectivity index (χ0n) is 20.4. The highest BCUT2D eigenvalue weighted by molar-refractivity contribution is 6.30. The monoisotopic (exact) mass is 494 g/mol. The molecule has 1 aliphatic rings. The van der Waals surface area contributed by atoms with Crippen LogP contribution in [0.3, 0.4) is 0 Å². The van der Waals surface area contributed by atoms with Crippen LogP contribution in [0.5, 0.6) is 5.75 Å². The Kier molecular flexibility index (Phi) is 7.76. The van der Waals surface area contributed by atoms with Crippen molar-refractivity contribution in [1.82, 2.24) is 19.6 Å². The van der Waals surface area contributed by atoms with Crippen molar-refractivity contribution in [1.29, 1.82) is 0 Å². The van der Waals surface area contributed by atoms with Crippen molar-refractivity contribution in [2.45, 2.75) is 32.4 Å². The number of carbonyl (C=O) groups excluding carboxylic acids is 2. The third kappa shape index (κ3) is 6.22. The Morgan fingerprint density at radius 2 is 1.94 bits per heavy atom. The van der Waals surface area contributed by atoms with Gasteiger partial charge < -0.3 is 14.5 Å². The lowest BCUT2D eigenvalue weighted by atomic mass is 9.90. The summed E-state index contributed by atoms with van der Waals surface area (Å²) < 4.78 is 7.95. The van der Waals surface area contributed by atoms with Gasteiger partial charge >= 0.3 is 0 Å². The first-order chi connectivity index (χ1) is 16.8. The first-order valence-electron chi connectivity index (χ1n) is 11.8. The predicted molar refractivity (Wildman–Crippen MR) is 135 cm³/mol. The first kappa shape index (κ1) is 24.8. The van der Waals surface area contributed by atoms with Gasteiger partial charge in [-0.05, 0) is 30.7 Å². The molecule has 0 saturated carbocycles. The molecular weight excluding hydrogens is 464 g/mol. The molecule has 0 unspecified atom stereocenters. The van der Waals surface area contributed by atoms with Crippen molar-refractivity contribution in [2.75, 3.05) is 20.1 Å². The molecule has 184 valence electrons. The Morgan fingerprint density at radius 1 is 1.17 bits per heavy atom. The maximum atomic E-state index is 13.3. The van der Waals surface area contributed by atoms with E-state index in [2.05, 4.69) is 5.10 Å². The van der Waals surface area contributed by atoms with Gasteiger partial charge in [0.15, 0.2) is 0 Å². The highest BCUT2D eigenvalue weighted by atomic mass is 35.5. The SMILES string of the molecule is Cc1nn(C)cc1C(=O)N1CC[C@H](Oc2cccc(Cl)c2)[C@@H](CC(=O)N(C)Cc2ccccc2)C1. The number of piperidine rings is 1. The second-order valence-corrected chi connectivity index (χ2v) is 9.59. The molecule has 2 atom stereocenters. The quantitative estimate of drug-likeness (QED) is 0.490. The van der Waals surface area contributed by atoms with Gasteiger partial charge in [-0.3, -0.25) is 14.3 Å². The van der Waals surface area contributed by atoms with E-state index in [1.165, 1.54) is 0 Å². The van der Waals surface area contributed by atoms with E-state index in [4.69, 9.17) is 16.3 Å². The van der Waals surface area contributed by atoms with E-state index in [9.17, 15) is 9.59 Å². The van der Waals surface area contributed by atoms with Crippen molar-refractivity contribution in [3.8, 4) is 5.75 Å². The van der Waals surface area contributed by atoms with E-state index in [0.29, 0.717) is 48.1 Å². The third-order valence-corrected chi connectivity index (χ3v) is 6.64. The molecule has 4 rings (SSSR count). The minimum absolute atomic E-state index is 0.0189. The van der Waals surface area contributed by atoms with Crippen LogP contribution in [0, 0.1) is 12.8 Å². The van der Waals surface area contributed by atoms with Crippen molar-refractivity contribution in [3.05, 3.63) is 82.6 Å². The Morgan fingerprint density at radius 3 is 2.63 bits per heavy atom. The van der Waals surface area contributed by atoms with Crippen LogP contribution in [-0.4, -0.2) is 57.6 Å². The number of rotatable bonds is 7. The minimum atomic E-state index is -0.207. The van der Waals surface area contributed by atoms with Gasteiger partial charge in [-0.25, -0.2) is 0 Å². The lowest BCUT2D eigenvalue weighted by molar-refractivity contribution is -0.132. The molecule has 1 saturated heterocycles. The van der Waals surface area contributed by atoms with Crippen molar-refractivity contribution < 1.29 is 14.3 Å². The Balaban J connectivity index is 1.50. The van der Waals surface area contributed by atoms with Crippen LogP contribution in [0.2, 0.25) is 5.02 Å². The van der Waals surface area contributed by atoms with E-state index in [0.717, 1.165) is 5.56 Å². The van der Waals surface area contributed by atoms with Crippen LogP contribution < -0.4 is 4.74 Å². The fraction of sp³-hybridized carbons (Fsp3) is 0.370. The molecule has 35 heavy (non-hydrogen) atoms. The van der Waals surface area contributed by atoms with E-state index in [1.807, 2.05) is 61.3 Å². The largest absolute Gasteiger partial charge is 0.490 e. The molecule has 2 heterocycles. The summed E-state index contributed by atoms with van der Waals surface area (Å²) in [5.74, 6) is 0.465. The van der Waals surface area contributed by atoms with Gasteiger partial charge in [0.2, 0.25) is 5.91 Å². The number of likely N-dealkylation sites (tertiary alicyclic amines) is 1. The van der Waals surface area contributed by atoms with Crippen LogP contribution in [0.25, 0.3) is 0 Å². The van der Waals surface area contributed by atoms with E-state index < -0.39 is 0 Å². The van der Waals surface area contributed by atoms with Crippen LogP contribution >= 0.6 is 11.6 Å². The summed E-state index contributed by atoms with van der Waals surface area (Å²) in [4.78, 5) is 30.0. The van der Waals surface area contributed by atoms with Crippen LogP contribution in [-0.2, 0) is 18.4 Å². The number of aromatic nitrogens is 2. The van der Waals surface area contributed by atoms with Gasteiger partial charge in [0.05, 0.1) is 11.3 Å². The van der Waals surface area contributed by atoms with Gasteiger partial charge in [-0.15, -0.1) is 0 Å². The zero-order valence-corrected chi connectivity index (χ0v) is 21.1. The number of hydrogen-bond donors (Lipinski definition) is 0. The molecule has 0 bridgehead atoms. The van der Waals surface area contributed by atoms with Gasteiger partial charge in [-0.2, -0.15) is 5.10 Å². The number of halogens is 1.